The number of aromatic nitrogens is 3. The van der Waals surface area contributed by atoms with E-state index >= 15 is 0 Å². The highest BCUT2D eigenvalue weighted by molar-refractivity contribution is 7.17. The molecular formula is C18H12ClFN4O2S. The first-order valence-electron chi connectivity index (χ1n) is 8.24. The Morgan fingerprint density at radius 2 is 2.30 bits per heavy atom. The number of nitrogens with zero attached hydrogens (tertiary/aromatic N) is 3. The zero-order chi connectivity index (χ0) is 18.5. The largest absolute Gasteiger partial charge is 0.458 e. The fourth-order valence-electron chi connectivity index (χ4n) is 3.44. The van der Waals surface area contributed by atoms with E-state index < -0.39 is 6.04 Å². The molecule has 9 heteroatoms. The van der Waals surface area contributed by atoms with Gasteiger partial charge < -0.3 is 14.3 Å². The summed E-state index contributed by atoms with van der Waals surface area (Å²) in [6.45, 7) is 0.454. The number of amides is 1. The molecule has 4 aromatic rings. The molecule has 1 N–H and O–H groups in total. The zero-order valence-corrected chi connectivity index (χ0v) is 15.4. The molecule has 0 spiro atoms. The molecule has 0 radical (unpaired) electrons. The molecule has 1 aliphatic rings. The third-order valence-electron chi connectivity index (χ3n) is 4.64. The molecule has 3 aromatic heterocycles. The van der Waals surface area contributed by atoms with E-state index in [-0.39, 0.29) is 11.7 Å². The van der Waals surface area contributed by atoms with E-state index in [9.17, 15) is 9.18 Å². The minimum atomic E-state index is -0.568. The van der Waals surface area contributed by atoms with Crippen molar-refractivity contribution in [3.8, 4) is 0 Å². The molecule has 0 saturated heterocycles. The molecule has 1 aliphatic heterocycles. The van der Waals surface area contributed by atoms with Crippen molar-refractivity contribution in [2.24, 2.45) is 0 Å². The van der Waals surface area contributed by atoms with Crippen LogP contribution in [0.15, 0.2) is 41.2 Å². The summed E-state index contributed by atoms with van der Waals surface area (Å²) in [5.41, 5.74) is 2.05. The number of thiazole rings is 1. The quantitative estimate of drug-likeness (QED) is 0.545. The van der Waals surface area contributed by atoms with E-state index in [2.05, 4.69) is 15.0 Å². The molecule has 1 aromatic carbocycles. The highest BCUT2D eigenvalue weighted by Gasteiger charge is 2.37. The molecule has 136 valence electrons. The number of nitrogens with one attached hydrogen (secondary N) is 1. The van der Waals surface area contributed by atoms with Gasteiger partial charge in [0.05, 0.1) is 23.6 Å². The topological polar surface area (TPSA) is 75.0 Å². The summed E-state index contributed by atoms with van der Waals surface area (Å²) >= 11 is 7.06. The third-order valence-corrected chi connectivity index (χ3v) is 5.75. The van der Waals surface area contributed by atoms with Crippen molar-refractivity contribution in [3.63, 3.8) is 0 Å². The van der Waals surface area contributed by atoms with Gasteiger partial charge in [-0.1, -0.05) is 29.0 Å². The molecule has 0 fully saturated rings. The molecule has 1 amide bonds. The van der Waals surface area contributed by atoms with Gasteiger partial charge in [0.2, 0.25) is 0 Å². The van der Waals surface area contributed by atoms with Crippen LogP contribution in [0.2, 0.25) is 4.34 Å². The maximum Gasteiger partial charge on any atom is 0.283 e. The number of aromatic amines is 1. The predicted molar refractivity (Wildman–Crippen MR) is 98.5 cm³/mol. The van der Waals surface area contributed by atoms with Crippen molar-refractivity contribution in [2.45, 2.75) is 12.5 Å². The first-order chi connectivity index (χ1) is 13.1. The van der Waals surface area contributed by atoms with Gasteiger partial charge in [-0.15, -0.1) is 0 Å². The number of halogens is 2. The Balaban J connectivity index is 1.64. The van der Waals surface area contributed by atoms with Gasteiger partial charge in [-0.2, -0.15) is 0 Å². The second-order valence-electron chi connectivity index (χ2n) is 6.19. The summed E-state index contributed by atoms with van der Waals surface area (Å²) < 4.78 is 20.5. The molecular weight excluding hydrogens is 391 g/mol. The summed E-state index contributed by atoms with van der Waals surface area (Å²) in [6, 6.07) is 5.73. The molecule has 0 saturated carbocycles. The van der Waals surface area contributed by atoms with Crippen LogP contribution in [0.3, 0.4) is 0 Å². The second kappa shape index (κ2) is 6.17. The number of H-pyrrole nitrogens is 1. The minimum Gasteiger partial charge on any atom is -0.458 e. The summed E-state index contributed by atoms with van der Waals surface area (Å²) in [7, 11) is 0. The maximum atomic E-state index is 14.1. The number of carbonyl (C=O) groups excluding carboxylic acids is 1. The van der Waals surface area contributed by atoms with Crippen molar-refractivity contribution in [2.75, 3.05) is 6.54 Å². The summed E-state index contributed by atoms with van der Waals surface area (Å²) in [4.78, 5) is 26.3. The van der Waals surface area contributed by atoms with Crippen LogP contribution in [0.5, 0.6) is 0 Å². The molecule has 0 bridgehead atoms. The molecule has 27 heavy (non-hydrogen) atoms. The lowest BCUT2D eigenvalue weighted by molar-refractivity contribution is 0.0672. The Bertz CT molecular complexity index is 1170. The Hall–Kier alpha value is -2.71. The van der Waals surface area contributed by atoms with Gasteiger partial charge in [0.1, 0.15) is 27.5 Å². The van der Waals surface area contributed by atoms with Crippen molar-refractivity contribution >= 4 is 39.8 Å². The fraction of sp³-hybridized carbons (Fsp3) is 0.167. The van der Waals surface area contributed by atoms with Gasteiger partial charge in [0.25, 0.3) is 5.91 Å². The van der Waals surface area contributed by atoms with E-state index in [4.69, 9.17) is 16.0 Å². The van der Waals surface area contributed by atoms with Crippen LogP contribution in [-0.4, -0.2) is 32.3 Å². The number of hydrogen-bond acceptors (Lipinski definition) is 5. The number of hydrogen-bond donors (Lipinski definition) is 1. The number of fused-ring (bicyclic) bond motifs is 2. The van der Waals surface area contributed by atoms with E-state index in [0.717, 1.165) is 17.0 Å². The first-order valence-corrected chi connectivity index (χ1v) is 9.43. The monoisotopic (exact) mass is 402 g/mol. The van der Waals surface area contributed by atoms with Gasteiger partial charge in [-0.3, -0.25) is 4.79 Å². The predicted octanol–water partition coefficient (Wildman–Crippen LogP) is 4.19. The van der Waals surface area contributed by atoms with E-state index in [0.29, 0.717) is 44.7 Å². The van der Waals surface area contributed by atoms with E-state index in [1.165, 1.54) is 12.3 Å². The van der Waals surface area contributed by atoms with Gasteiger partial charge in [0.15, 0.2) is 5.01 Å². The number of furan rings is 1. The van der Waals surface area contributed by atoms with Gasteiger partial charge in [0, 0.05) is 18.7 Å². The standard InChI is InChI=1S/C18H12ClFN4O2S/c19-14-7-21-17(27-14)18(25)24-5-4-11-15(23-8-22-11)16(24)13-6-9-10(20)2-1-3-12(9)26-13/h1-3,6-8,16H,4-5H2,(H,22,23)/t16-/m0/s1. The average molecular weight is 403 g/mol. The van der Waals surface area contributed by atoms with E-state index in [1.54, 1.807) is 29.4 Å². The first kappa shape index (κ1) is 16.5. The van der Waals surface area contributed by atoms with Crippen LogP contribution in [0.1, 0.15) is 33.0 Å². The van der Waals surface area contributed by atoms with Gasteiger partial charge >= 0.3 is 0 Å². The number of rotatable bonds is 2. The van der Waals surface area contributed by atoms with Crippen LogP contribution in [-0.2, 0) is 6.42 Å². The zero-order valence-electron chi connectivity index (χ0n) is 13.8. The molecule has 1 atom stereocenters. The maximum absolute atomic E-state index is 14.1. The van der Waals surface area contributed by atoms with Crippen molar-refractivity contribution in [1.29, 1.82) is 0 Å². The van der Waals surface area contributed by atoms with Crippen molar-refractivity contribution < 1.29 is 13.6 Å². The molecule has 4 heterocycles. The number of imidazole rings is 1. The summed E-state index contributed by atoms with van der Waals surface area (Å²) in [5.74, 6) is -0.171. The smallest absolute Gasteiger partial charge is 0.283 e. The number of benzene rings is 1. The van der Waals surface area contributed by atoms with Crippen LogP contribution >= 0.6 is 22.9 Å². The Morgan fingerprint density at radius 3 is 3.07 bits per heavy atom. The molecule has 6 nitrogen and oxygen atoms in total. The average Bonchev–Trinajstić information content (AvgIpc) is 3.39. The SMILES string of the molecule is O=C(c1ncc(Cl)s1)N1CCc2[nH]cnc2[C@@H]1c1cc2c(F)cccc2o1. The number of carbonyl (C=O) groups is 1. The summed E-state index contributed by atoms with van der Waals surface area (Å²) in [5, 5.41) is 0.672. The van der Waals surface area contributed by atoms with Crippen LogP contribution in [0.25, 0.3) is 11.0 Å². The van der Waals surface area contributed by atoms with Crippen LogP contribution < -0.4 is 0 Å². The third kappa shape index (κ3) is 2.64. The Kier molecular flexibility index (Phi) is 3.76. The molecule has 5 rings (SSSR count). The Labute approximate surface area is 161 Å². The highest BCUT2D eigenvalue weighted by atomic mass is 35.5. The highest BCUT2D eigenvalue weighted by Crippen LogP contribution is 2.38. The lowest BCUT2D eigenvalue weighted by Gasteiger charge is -2.33. The van der Waals surface area contributed by atoms with Gasteiger partial charge in [-0.25, -0.2) is 14.4 Å². The minimum absolute atomic E-state index is 0.258. The van der Waals surface area contributed by atoms with Crippen LogP contribution in [0, 0.1) is 5.82 Å². The fourth-order valence-corrected chi connectivity index (χ4v) is 4.31. The Morgan fingerprint density at radius 1 is 1.41 bits per heavy atom. The van der Waals surface area contributed by atoms with Crippen LogP contribution in [0.4, 0.5) is 4.39 Å². The van der Waals surface area contributed by atoms with Gasteiger partial charge in [-0.05, 0) is 18.2 Å². The normalized spacial score (nSPS) is 16.7. The summed E-state index contributed by atoms with van der Waals surface area (Å²) in [6.07, 6.45) is 3.68. The lowest BCUT2D eigenvalue weighted by Crippen LogP contribution is -2.40. The molecule has 0 unspecified atom stereocenters. The molecule has 0 aliphatic carbocycles. The second-order valence-corrected chi connectivity index (χ2v) is 7.85. The van der Waals surface area contributed by atoms with Crippen molar-refractivity contribution in [1.82, 2.24) is 19.9 Å². The lowest BCUT2D eigenvalue weighted by atomic mass is 10.00. The van der Waals surface area contributed by atoms with E-state index in [1.807, 2.05) is 0 Å². The van der Waals surface area contributed by atoms with Crippen molar-refractivity contribution in [3.05, 3.63) is 69.1 Å².